The average molecular weight is 251 g/mol. The summed E-state index contributed by atoms with van der Waals surface area (Å²) in [6.45, 7) is 3.71. The second-order valence-corrected chi connectivity index (χ2v) is 4.35. The summed E-state index contributed by atoms with van der Waals surface area (Å²) in [6.07, 6.45) is 0. The molecule has 0 bridgehead atoms. The largest absolute Gasteiger partial charge is 0.395 e. The van der Waals surface area contributed by atoms with Crippen LogP contribution in [-0.2, 0) is 11.3 Å². The van der Waals surface area contributed by atoms with Crippen LogP contribution in [0.15, 0.2) is 30.3 Å². The van der Waals surface area contributed by atoms with E-state index in [-0.39, 0.29) is 18.4 Å². The molecule has 1 aromatic carbocycles. The fraction of sp³-hybridized carbons (Fsp3) is 0.462. The Labute approximate surface area is 108 Å². The Hall–Kier alpha value is -1.43. The molecule has 18 heavy (non-hydrogen) atoms. The highest BCUT2D eigenvalue weighted by Gasteiger charge is 2.16. The molecule has 1 atom stereocenters. The third-order valence-corrected chi connectivity index (χ3v) is 2.79. The number of hydrogen-bond acceptors (Lipinski definition) is 4. The van der Waals surface area contributed by atoms with Gasteiger partial charge in [0.2, 0.25) is 5.91 Å². The third-order valence-electron chi connectivity index (χ3n) is 2.79. The van der Waals surface area contributed by atoms with E-state index in [0.29, 0.717) is 19.6 Å². The van der Waals surface area contributed by atoms with Gasteiger partial charge in [-0.2, -0.15) is 0 Å². The maximum Gasteiger partial charge on any atom is 0.237 e. The molecular formula is C13H21N3O2. The first-order valence-corrected chi connectivity index (χ1v) is 6.05. The maximum absolute atomic E-state index is 11.4. The number of rotatable bonds is 7. The molecule has 1 unspecified atom stereocenters. The number of carbonyl (C=O) groups excluding carboxylic acids is 1. The van der Waals surface area contributed by atoms with Crippen LogP contribution in [0, 0.1) is 5.92 Å². The van der Waals surface area contributed by atoms with Crippen molar-refractivity contribution in [2.24, 2.45) is 11.8 Å². The van der Waals surface area contributed by atoms with Crippen LogP contribution in [0.3, 0.4) is 0 Å². The third kappa shape index (κ3) is 4.83. The van der Waals surface area contributed by atoms with E-state index in [2.05, 4.69) is 5.43 Å². The molecule has 0 spiro atoms. The molecule has 1 aromatic rings. The first-order valence-electron chi connectivity index (χ1n) is 6.05. The van der Waals surface area contributed by atoms with E-state index in [4.69, 9.17) is 10.9 Å². The Kier molecular flexibility index (Phi) is 6.35. The van der Waals surface area contributed by atoms with Crippen LogP contribution in [0.2, 0.25) is 0 Å². The van der Waals surface area contributed by atoms with Gasteiger partial charge in [-0.1, -0.05) is 37.3 Å². The van der Waals surface area contributed by atoms with Crippen LogP contribution in [0.5, 0.6) is 0 Å². The van der Waals surface area contributed by atoms with Gasteiger partial charge < -0.3 is 5.11 Å². The van der Waals surface area contributed by atoms with Crippen molar-refractivity contribution >= 4 is 5.91 Å². The van der Waals surface area contributed by atoms with Crippen molar-refractivity contribution in [2.75, 3.05) is 19.7 Å². The predicted molar refractivity (Wildman–Crippen MR) is 70.3 cm³/mol. The number of hydrogen-bond donors (Lipinski definition) is 3. The lowest BCUT2D eigenvalue weighted by Gasteiger charge is -2.24. The molecule has 0 saturated heterocycles. The van der Waals surface area contributed by atoms with E-state index in [1.807, 2.05) is 42.2 Å². The summed E-state index contributed by atoms with van der Waals surface area (Å²) in [5, 5.41) is 9.06. The van der Waals surface area contributed by atoms with E-state index >= 15 is 0 Å². The van der Waals surface area contributed by atoms with Crippen molar-refractivity contribution in [3.8, 4) is 0 Å². The van der Waals surface area contributed by atoms with Gasteiger partial charge in [0.05, 0.1) is 6.61 Å². The van der Waals surface area contributed by atoms with Gasteiger partial charge in [0.1, 0.15) is 0 Å². The summed E-state index contributed by atoms with van der Waals surface area (Å²) in [6, 6.07) is 9.96. The topological polar surface area (TPSA) is 78.6 Å². The first-order chi connectivity index (χ1) is 8.67. The minimum atomic E-state index is -0.203. The van der Waals surface area contributed by atoms with Crippen molar-refractivity contribution in [3.05, 3.63) is 35.9 Å². The number of nitrogens with zero attached hydrogens (tertiary/aromatic N) is 1. The summed E-state index contributed by atoms with van der Waals surface area (Å²) < 4.78 is 0. The smallest absolute Gasteiger partial charge is 0.237 e. The van der Waals surface area contributed by atoms with E-state index < -0.39 is 0 Å². The number of nitrogens with two attached hydrogens (primary N) is 1. The van der Waals surface area contributed by atoms with Crippen LogP contribution in [0.1, 0.15) is 12.5 Å². The van der Waals surface area contributed by atoms with Gasteiger partial charge in [0.25, 0.3) is 0 Å². The Bertz CT molecular complexity index is 357. The van der Waals surface area contributed by atoms with Crippen LogP contribution >= 0.6 is 0 Å². The summed E-state index contributed by atoms with van der Waals surface area (Å²) in [5.41, 5.74) is 3.31. The normalized spacial score (nSPS) is 12.4. The fourth-order valence-corrected chi connectivity index (χ4v) is 1.83. The lowest BCUT2D eigenvalue weighted by atomic mass is 10.1. The minimum Gasteiger partial charge on any atom is -0.395 e. The Morgan fingerprint density at radius 3 is 2.67 bits per heavy atom. The molecule has 5 heteroatoms. The van der Waals surface area contributed by atoms with Crippen LogP contribution in [0.4, 0.5) is 0 Å². The van der Waals surface area contributed by atoms with Gasteiger partial charge in [-0.15, -0.1) is 0 Å². The van der Waals surface area contributed by atoms with Gasteiger partial charge in [-0.05, 0) is 5.56 Å². The molecule has 0 aliphatic carbocycles. The fourth-order valence-electron chi connectivity index (χ4n) is 1.83. The second-order valence-electron chi connectivity index (χ2n) is 4.35. The summed E-state index contributed by atoms with van der Waals surface area (Å²) in [7, 11) is 0. The molecule has 4 N–H and O–H groups in total. The lowest BCUT2D eigenvalue weighted by molar-refractivity contribution is -0.125. The van der Waals surface area contributed by atoms with E-state index in [1.165, 1.54) is 0 Å². The van der Waals surface area contributed by atoms with Gasteiger partial charge in [0, 0.05) is 25.6 Å². The molecule has 0 aliphatic rings. The summed E-state index contributed by atoms with van der Waals surface area (Å²) in [5.74, 6) is 4.72. The molecule has 0 heterocycles. The molecule has 1 rings (SSSR count). The van der Waals surface area contributed by atoms with Gasteiger partial charge in [-0.3, -0.25) is 15.1 Å². The van der Waals surface area contributed by atoms with Gasteiger partial charge >= 0.3 is 0 Å². The number of aliphatic hydroxyl groups excluding tert-OH is 1. The molecule has 5 nitrogen and oxygen atoms in total. The monoisotopic (exact) mass is 251 g/mol. The molecule has 1 amide bonds. The highest BCUT2D eigenvalue weighted by molar-refractivity contribution is 5.77. The van der Waals surface area contributed by atoms with E-state index in [0.717, 1.165) is 5.56 Å². The van der Waals surface area contributed by atoms with Crippen LogP contribution in [0.25, 0.3) is 0 Å². The van der Waals surface area contributed by atoms with Gasteiger partial charge in [0.15, 0.2) is 0 Å². The number of hydrazine groups is 1. The molecule has 0 saturated carbocycles. The summed E-state index contributed by atoms with van der Waals surface area (Å²) >= 11 is 0. The highest BCUT2D eigenvalue weighted by atomic mass is 16.3. The van der Waals surface area contributed by atoms with Crippen LogP contribution < -0.4 is 11.3 Å². The minimum absolute atomic E-state index is 0.0732. The number of amides is 1. The van der Waals surface area contributed by atoms with Crippen molar-refractivity contribution < 1.29 is 9.90 Å². The van der Waals surface area contributed by atoms with E-state index in [1.54, 1.807) is 0 Å². The average Bonchev–Trinajstić information content (AvgIpc) is 2.39. The standard InChI is InChI=1S/C13H21N3O2/c1-11(13(18)15-14)9-16(7-8-17)10-12-5-3-2-4-6-12/h2-6,11,17H,7-10,14H2,1H3,(H,15,18). The maximum atomic E-state index is 11.4. The number of carbonyl (C=O) groups is 1. The molecule has 0 radical (unpaired) electrons. The number of aliphatic hydroxyl groups is 1. The van der Waals surface area contributed by atoms with Crippen molar-refractivity contribution in [1.82, 2.24) is 10.3 Å². The second kappa shape index (κ2) is 7.81. The predicted octanol–water partition coefficient (Wildman–Crippen LogP) is 0.107. The first kappa shape index (κ1) is 14.6. The van der Waals surface area contributed by atoms with Crippen molar-refractivity contribution in [1.29, 1.82) is 0 Å². The Morgan fingerprint density at radius 2 is 2.11 bits per heavy atom. The molecule has 0 fully saturated rings. The van der Waals surface area contributed by atoms with Crippen molar-refractivity contribution in [2.45, 2.75) is 13.5 Å². The van der Waals surface area contributed by atoms with Gasteiger partial charge in [-0.25, -0.2) is 5.84 Å². The van der Waals surface area contributed by atoms with E-state index in [9.17, 15) is 4.79 Å². The van der Waals surface area contributed by atoms with Crippen molar-refractivity contribution in [3.63, 3.8) is 0 Å². The molecule has 0 aliphatic heterocycles. The number of benzene rings is 1. The zero-order valence-corrected chi connectivity index (χ0v) is 10.7. The zero-order chi connectivity index (χ0) is 13.4. The lowest BCUT2D eigenvalue weighted by Crippen LogP contribution is -2.41. The highest BCUT2D eigenvalue weighted by Crippen LogP contribution is 2.07. The van der Waals surface area contributed by atoms with Crippen LogP contribution in [-0.4, -0.2) is 35.6 Å². The zero-order valence-electron chi connectivity index (χ0n) is 10.7. The Morgan fingerprint density at radius 1 is 1.44 bits per heavy atom. The molecular weight excluding hydrogens is 230 g/mol. The Balaban J connectivity index is 2.57. The summed E-state index contributed by atoms with van der Waals surface area (Å²) in [4.78, 5) is 13.4. The molecule has 0 aromatic heterocycles. The number of nitrogens with one attached hydrogen (secondary N) is 1. The molecule has 100 valence electrons. The quantitative estimate of drug-likeness (QED) is 0.365. The SMILES string of the molecule is CC(CN(CCO)Cc1ccccc1)C(=O)NN.